The third-order valence-corrected chi connectivity index (χ3v) is 5.73. The lowest BCUT2D eigenvalue weighted by Crippen LogP contribution is -2.56. The molecule has 2 fully saturated rings. The minimum atomic E-state index is -0.00744. The van der Waals surface area contributed by atoms with E-state index in [2.05, 4.69) is 20.8 Å². The Morgan fingerprint density at radius 2 is 1.53 bits per heavy atom. The zero-order valence-corrected chi connectivity index (χ0v) is 13.2. The summed E-state index contributed by atoms with van der Waals surface area (Å²) >= 11 is 0. The number of nitrogens with two attached hydrogens (primary N) is 1. The first-order chi connectivity index (χ1) is 9.07. The Morgan fingerprint density at radius 1 is 1.00 bits per heavy atom. The zero-order valence-electron chi connectivity index (χ0n) is 13.2. The molecule has 0 radical (unpaired) electrons. The molecule has 0 spiro atoms. The van der Waals surface area contributed by atoms with Crippen LogP contribution in [0.25, 0.3) is 0 Å². The SMILES string of the molecule is CCOC1(C(N)C2CCC(C)CC2)CCC(C)CC1. The van der Waals surface area contributed by atoms with Gasteiger partial charge in [0.1, 0.15) is 0 Å². The van der Waals surface area contributed by atoms with Crippen molar-refractivity contribution in [1.82, 2.24) is 0 Å². The van der Waals surface area contributed by atoms with Crippen molar-refractivity contribution in [1.29, 1.82) is 0 Å². The molecule has 2 nitrogen and oxygen atoms in total. The van der Waals surface area contributed by atoms with E-state index in [1.807, 2.05) is 0 Å². The Labute approximate surface area is 119 Å². The minimum absolute atomic E-state index is 0.00744. The average Bonchev–Trinajstić information content (AvgIpc) is 2.42. The van der Waals surface area contributed by atoms with Crippen LogP contribution in [0.1, 0.15) is 72.1 Å². The van der Waals surface area contributed by atoms with Gasteiger partial charge in [0.15, 0.2) is 0 Å². The molecule has 0 heterocycles. The summed E-state index contributed by atoms with van der Waals surface area (Å²) in [6, 6.07) is 0.257. The lowest BCUT2D eigenvalue weighted by atomic mass is 9.68. The fourth-order valence-corrected chi connectivity index (χ4v) is 4.19. The molecule has 0 aromatic rings. The van der Waals surface area contributed by atoms with Crippen LogP contribution in [-0.4, -0.2) is 18.2 Å². The molecule has 1 atom stereocenters. The van der Waals surface area contributed by atoms with Crippen LogP contribution < -0.4 is 5.73 Å². The maximum Gasteiger partial charge on any atom is 0.0835 e. The number of ether oxygens (including phenoxy) is 1. The van der Waals surface area contributed by atoms with E-state index in [0.717, 1.165) is 18.4 Å². The van der Waals surface area contributed by atoms with Crippen molar-refractivity contribution in [3.05, 3.63) is 0 Å². The van der Waals surface area contributed by atoms with Gasteiger partial charge in [-0.15, -0.1) is 0 Å². The highest BCUT2D eigenvalue weighted by Crippen LogP contribution is 2.42. The molecule has 0 aromatic heterocycles. The van der Waals surface area contributed by atoms with E-state index >= 15 is 0 Å². The standard InChI is InChI=1S/C17H33NO/c1-4-19-17(11-9-14(3)10-12-17)16(18)15-7-5-13(2)6-8-15/h13-16H,4-12,18H2,1-3H3. The predicted molar refractivity (Wildman–Crippen MR) is 81.1 cm³/mol. The Kier molecular flexibility index (Phi) is 5.30. The monoisotopic (exact) mass is 267 g/mol. The van der Waals surface area contributed by atoms with Crippen molar-refractivity contribution in [2.45, 2.75) is 83.8 Å². The highest BCUT2D eigenvalue weighted by molar-refractivity contribution is 4.98. The predicted octanol–water partition coefficient (Wildman–Crippen LogP) is 4.13. The molecule has 0 amide bonds. The Bertz CT molecular complexity index is 262. The van der Waals surface area contributed by atoms with Gasteiger partial charge in [-0.25, -0.2) is 0 Å². The Morgan fingerprint density at radius 3 is 2.05 bits per heavy atom. The van der Waals surface area contributed by atoms with E-state index in [9.17, 15) is 0 Å². The quantitative estimate of drug-likeness (QED) is 0.831. The summed E-state index contributed by atoms with van der Waals surface area (Å²) in [5.74, 6) is 2.45. The van der Waals surface area contributed by atoms with E-state index < -0.39 is 0 Å². The first-order valence-corrected chi connectivity index (χ1v) is 8.47. The van der Waals surface area contributed by atoms with Gasteiger partial charge in [-0.05, 0) is 63.2 Å². The molecule has 2 heteroatoms. The first-order valence-electron chi connectivity index (χ1n) is 8.47. The van der Waals surface area contributed by atoms with E-state index in [1.165, 1.54) is 51.4 Å². The number of hydrogen-bond donors (Lipinski definition) is 1. The van der Waals surface area contributed by atoms with Gasteiger partial charge in [0.25, 0.3) is 0 Å². The van der Waals surface area contributed by atoms with Gasteiger partial charge in [-0.3, -0.25) is 0 Å². The molecular weight excluding hydrogens is 234 g/mol. The Hall–Kier alpha value is -0.0800. The summed E-state index contributed by atoms with van der Waals surface area (Å²) in [7, 11) is 0. The molecular formula is C17H33NO. The second-order valence-corrected chi connectivity index (χ2v) is 7.23. The van der Waals surface area contributed by atoms with Gasteiger partial charge in [-0.2, -0.15) is 0 Å². The molecule has 19 heavy (non-hydrogen) atoms. The fraction of sp³-hybridized carbons (Fsp3) is 1.00. The summed E-state index contributed by atoms with van der Waals surface area (Å²) in [5.41, 5.74) is 6.70. The van der Waals surface area contributed by atoms with Gasteiger partial charge >= 0.3 is 0 Å². The minimum Gasteiger partial charge on any atom is -0.374 e. The van der Waals surface area contributed by atoms with Crippen LogP contribution in [-0.2, 0) is 4.74 Å². The second kappa shape index (κ2) is 6.58. The average molecular weight is 267 g/mol. The Balaban J connectivity index is 2.01. The smallest absolute Gasteiger partial charge is 0.0835 e. The molecule has 2 N–H and O–H groups in total. The second-order valence-electron chi connectivity index (χ2n) is 7.23. The van der Waals surface area contributed by atoms with Gasteiger partial charge in [0.2, 0.25) is 0 Å². The molecule has 2 aliphatic rings. The molecule has 0 bridgehead atoms. The molecule has 2 rings (SSSR count). The molecule has 0 aromatic carbocycles. The zero-order chi connectivity index (χ0) is 13.9. The highest BCUT2D eigenvalue weighted by Gasteiger charge is 2.43. The van der Waals surface area contributed by atoms with Crippen molar-refractivity contribution in [3.8, 4) is 0 Å². The van der Waals surface area contributed by atoms with E-state index in [0.29, 0.717) is 5.92 Å². The van der Waals surface area contributed by atoms with Crippen LogP contribution in [0.5, 0.6) is 0 Å². The third kappa shape index (κ3) is 3.52. The van der Waals surface area contributed by atoms with Crippen molar-refractivity contribution in [3.63, 3.8) is 0 Å². The summed E-state index contributed by atoms with van der Waals surface area (Å²) in [4.78, 5) is 0. The van der Waals surface area contributed by atoms with Crippen molar-refractivity contribution in [2.75, 3.05) is 6.61 Å². The normalized spacial score (nSPS) is 42.0. The lowest BCUT2D eigenvalue weighted by Gasteiger charge is -2.47. The summed E-state index contributed by atoms with van der Waals surface area (Å²) < 4.78 is 6.24. The molecule has 0 aliphatic heterocycles. The van der Waals surface area contributed by atoms with Gasteiger partial charge in [0, 0.05) is 12.6 Å². The van der Waals surface area contributed by atoms with Gasteiger partial charge in [0.05, 0.1) is 5.60 Å². The number of rotatable bonds is 4. The van der Waals surface area contributed by atoms with E-state index in [1.54, 1.807) is 0 Å². The van der Waals surface area contributed by atoms with Gasteiger partial charge < -0.3 is 10.5 Å². The third-order valence-electron chi connectivity index (χ3n) is 5.73. The molecule has 112 valence electrons. The fourth-order valence-electron chi connectivity index (χ4n) is 4.19. The summed E-state index contributed by atoms with van der Waals surface area (Å²) in [5, 5.41) is 0. The maximum absolute atomic E-state index is 6.71. The van der Waals surface area contributed by atoms with E-state index in [4.69, 9.17) is 10.5 Å². The number of hydrogen-bond acceptors (Lipinski definition) is 2. The van der Waals surface area contributed by atoms with Crippen LogP contribution in [0.2, 0.25) is 0 Å². The van der Waals surface area contributed by atoms with Crippen LogP contribution in [0.3, 0.4) is 0 Å². The van der Waals surface area contributed by atoms with Crippen molar-refractivity contribution >= 4 is 0 Å². The maximum atomic E-state index is 6.71. The lowest BCUT2D eigenvalue weighted by molar-refractivity contribution is -0.103. The summed E-state index contributed by atoms with van der Waals surface area (Å²) in [6.07, 6.45) is 10.3. The van der Waals surface area contributed by atoms with E-state index in [-0.39, 0.29) is 11.6 Å². The highest BCUT2D eigenvalue weighted by atomic mass is 16.5. The van der Waals surface area contributed by atoms with Crippen molar-refractivity contribution in [2.24, 2.45) is 23.5 Å². The topological polar surface area (TPSA) is 35.2 Å². The van der Waals surface area contributed by atoms with Crippen LogP contribution >= 0.6 is 0 Å². The summed E-state index contributed by atoms with van der Waals surface area (Å²) in [6.45, 7) is 7.67. The largest absolute Gasteiger partial charge is 0.374 e. The van der Waals surface area contributed by atoms with Crippen LogP contribution in [0, 0.1) is 17.8 Å². The van der Waals surface area contributed by atoms with Gasteiger partial charge in [-0.1, -0.05) is 26.7 Å². The van der Waals surface area contributed by atoms with Crippen molar-refractivity contribution < 1.29 is 4.74 Å². The molecule has 0 saturated heterocycles. The molecule has 2 aliphatic carbocycles. The van der Waals surface area contributed by atoms with Crippen LogP contribution in [0.15, 0.2) is 0 Å². The molecule has 2 saturated carbocycles. The van der Waals surface area contributed by atoms with Crippen LogP contribution in [0.4, 0.5) is 0 Å². The molecule has 1 unspecified atom stereocenters. The first kappa shape index (κ1) is 15.3.